The smallest absolute Gasteiger partial charge is 0.250 e. The summed E-state index contributed by atoms with van der Waals surface area (Å²) in [5, 5.41) is 0. The maximum absolute atomic E-state index is 7.78. The summed E-state index contributed by atoms with van der Waals surface area (Å²) in [5.41, 5.74) is 6.18. The molecule has 0 aliphatic carbocycles. The van der Waals surface area contributed by atoms with Crippen LogP contribution in [0.5, 0.6) is 0 Å². The lowest BCUT2D eigenvalue weighted by Gasteiger charge is -1.97. The van der Waals surface area contributed by atoms with Gasteiger partial charge < -0.3 is 25.3 Å². The van der Waals surface area contributed by atoms with E-state index >= 15 is 0 Å². The molecule has 0 amide bonds. The van der Waals surface area contributed by atoms with Crippen molar-refractivity contribution in [3.05, 3.63) is 30.3 Å². The molecule has 1 aromatic rings. The van der Waals surface area contributed by atoms with Crippen LogP contribution in [0.1, 0.15) is 0 Å². The third-order valence-electron chi connectivity index (χ3n) is 0.960. The monoisotopic (exact) mass is 223 g/mol. The molecule has 0 atom stereocenters. The highest BCUT2D eigenvalue weighted by Crippen LogP contribution is 2.56. The van der Waals surface area contributed by atoms with Gasteiger partial charge in [0.1, 0.15) is 0 Å². The first kappa shape index (κ1) is 12.7. The molecule has 1 aromatic carbocycles. The first-order valence-electron chi connectivity index (χ1n) is 3.20. The van der Waals surface area contributed by atoms with Crippen molar-refractivity contribution >= 4 is 21.8 Å². The quantitative estimate of drug-likeness (QED) is 0.357. The average molecular weight is 223 g/mol. The molecule has 0 bridgehead atoms. The molecular weight excluding hydrogens is 212 g/mol. The first-order valence-corrected chi connectivity index (χ1v) is 6.40. The van der Waals surface area contributed by atoms with Gasteiger partial charge >= 0.3 is 0 Å². The van der Waals surface area contributed by atoms with E-state index in [2.05, 4.69) is 0 Å². The molecule has 0 aliphatic rings. The topological polar surface area (TPSA) is 107 Å². The lowest BCUT2D eigenvalue weighted by Crippen LogP contribution is -1.79. The molecule has 0 aromatic heterocycles. The molecule has 0 aliphatic heterocycles. The van der Waals surface area contributed by atoms with Gasteiger partial charge in [-0.1, -0.05) is 18.2 Å². The molecule has 0 saturated heterocycles. The Balaban J connectivity index is 0.000000226. The van der Waals surface area contributed by atoms with E-state index in [-0.39, 0.29) is 0 Å². The van der Waals surface area contributed by atoms with Crippen molar-refractivity contribution < 1.29 is 19.6 Å². The van der Waals surface area contributed by atoms with E-state index in [0.29, 0.717) is 0 Å². The first-order chi connectivity index (χ1) is 6.04. The summed E-state index contributed by atoms with van der Waals surface area (Å²) >= 11 is 0. The van der Waals surface area contributed by atoms with Gasteiger partial charge in [-0.2, -0.15) is 0 Å². The molecule has 0 heterocycles. The van der Waals surface area contributed by atoms with Gasteiger partial charge in [-0.3, -0.25) is 0 Å². The van der Waals surface area contributed by atoms with Crippen LogP contribution in [-0.2, 0) is 0 Å². The molecule has 0 radical (unpaired) electrons. The summed E-state index contributed by atoms with van der Waals surface area (Å²) in [6.07, 6.45) is 0. The summed E-state index contributed by atoms with van der Waals surface area (Å²) in [6.45, 7) is 0. The van der Waals surface area contributed by atoms with Crippen LogP contribution in [0.25, 0.3) is 0 Å². The molecule has 0 saturated carbocycles. The van der Waals surface area contributed by atoms with Crippen LogP contribution in [0.2, 0.25) is 0 Å². The Kier molecular flexibility index (Phi) is 7.00. The second-order valence-corrected chi connectivity index (χ2v) is 5.17. The number of nitrogens with two attached hydrogens (primary N) is 1. The third-order valence-corrected chi connectivity index (χ3v) is 2.24. The van der Waals surface area contributed by atoms with E-state index in [4.69, 9.17) is 25.3 Å². The number of benzene rings is 1. The molecular formula is C6H11NO4P2. The highest BCUT2D eigenvalue weighted by Gasteiger charge is 2.08. The standard InChI is InChI=1S/C6H7N.H4O4P2/c7-6-4-2-1-3-5-6;1-5(2)6(3)4/h1-5H,7H2;1-4H. The van der Waals surface area contributed by atoms with Crippen LogP contribution in [0, 0.1) is 0 Å². The van der Waals surface area contributed by atoms with E-state index in [0.717, 1.165) is 5.69 Å². The molecule has 74 valence electrons. The van der Waals surface area contributed by atoms with Crippen LogP contribution in [0.15, 0.2) is 30.3 Å². The van der Waals surface area contributed by atoms with Gasteiger partial charge in [-0.05, 0) is 12.1 Å². The van der Waals surface area contributed by atoms with E-state index in [1.165, 1.54) is 0 Å². The number of nitrogen functional groups attached to an aromatic ring is 1. The maximum Gasteiger partial charge on any atom is 0.250 e. The zero-order valence-electron chi connectivity index (χ0n) is 6.65. The number of hydrogen-bond acceptors (Lipinski definition) is 5. The number of rotatable bonds is 1. The van der Waals surface area contributed by atoms with Crippen LogP contribution < -0.4 is 5.73 Å². The number of para-hydroxylation sites is 1. The van der Waals surface area contributed by atoms with E-state index < -0.39 is 16.1 Å². The normalized spacial score (nSPS) is 9.69. The third kappa shape index (κ3) is 8.06. The van der Waals surface area contributed by atoms with Crippen LogP contribution in [-0.4, -0.2) is 19.6 Å². The molecule has 0 unspecified atom stereocenters. The molecule has 6 N–H and O–H groups in total. The van der Waals surface area contributed by atoms with Gasteiger partial charge in [0.05, 0.1) is 0 Å². The molecule has 13 heavy (non-hydrogen) atoms. The Bertz CT molecular complexity index is 213. The van der Waals surface area contributed by atoms with Gasteiger partial charge in [0.25, 0.3) is 16.1 Å². The van der Waals surface area contributed by atoms with Crippen molar-refractivity contribution in [3.63, 3.8) is 0 Å². The Morgan fingerprint density at radius 2 is 1.23 bits per heavy atom. The average Bonchev–Trinajstić information content (AvgIpc) is 2.06. The van der Waals surface area contributed by atoms with Crippen molar-refractivity contribution in [2.45, 2.75) is 0 Å². The highest BCUT2D eigenvalue weighted by molar-refractivity contribution is 8.19. The Labute approximate surface area is 78.2 Å². The van der Waals surface area contributed by atoms with Gasteiger partial charge in [0.2, 0.25) is 0 Å². The van der Waals surface area contributed by atoms with Crippen LogP contribution in [0.3, 0.4) is 0 Å². The predicted molar refractivity (Wildman–Crippen MR) is 53.6 cm³/mol. The second-order valence-electron chi connectivity index (χ2n) is 1.95. The van der Waals surface area contributed by atoms with Gasteiger partial charge in [0.15, 0.2) is 0 Å². The minimum Gasteiger partial charge on any atom is -0.399 e. The highest BCUT2D eigenvalue weighted by atomic mass is 32.1. The second kappa shape index (κ2) is 7.15. The van der Waals surface area contributed by atoms with Crippen molar-refractivity contribution in [3.8, 4) is 0 Å². The minimum absolute atomic E-state index is 0.822. The van der Waals surface area contributed by atoms with Gasteiger partial charge in [-0.25, -0.2) is 0 Å². The van der Waals surface area contributed by atoms with Crippen molar-refractivity contribution in [1.29, 1.82) is 0 Å². The van der Waals surface area contributed by atoms with Crippen LogP contribution in [0.4, 0.5) is 5.69 Å². The van der Waals surface area contributed by atoms with Crippen molar-refractivity contribution in [2.24, 2.45) is 0 Å². The maximum atomic E-state index is 7.78. The molecule has 5 nitrogen and oxygen atoms in total. The fraction of sp³-hybridized carbons (Fsp3) is 0. The minimum atomic E-state index is -2.48. The summed E-state index contributed by atoms with van der Waals surface area (Å²) < 4.78 is 0. The van der Waals surface area contributed by atoms with Gasteiger partial charge in [-0.15, -0.1) is 0 Å². The zero-order chi connectivity index (χ0) is 10.3. The van der Waals surface area contributed by atoms with E-state index in [9.17, 15) is 0 Å². The fourth-order valence-corrected chi connectivity index (χ4v) is 0.453. The molecule has 0 fully saturated rings. The predicted octanol–water partition coefficient (Wildman–Crippen LogP) is 0.763. The Hall–Kier alpha value is -0.280. The fourth-order valence-electron chi connectivity index (χ4n) is 0.453. The Morgan fingerprint density at radius 3 is 1.38 bits per heavy atom. The van der Waals surface area contributed by atoms with Crippen molar-refractivity contribution in [2.75, 3.05) is 5.73 Å². The van der Waals surface area contributed by atoms with Gasteiger partial charge in [0, 0.05) is 5.69 Å². The SMILES string of the molecule is Nc1ccccc1.OP(O)P(O)O. The molecule has 1 rings (SSSR count). The summed E-state index contributed by atoms with van der Waals surface area (Å²) in [4.78, 5) is 31.1. The summed E-state index contributed by atoms with van der Waals surface area (Å²) in [6, 6.07) is 9.49. The number of hydrogen-bond donors (Lipinski definition) is 5. The lowest BCUT2D eigenvalue weighted by atomic mass is 10.3. The Morgan fingerprint density at radius 1 is 0.846 bits per heavy atom. The largest absolute Gasteiger partial charge is 0.399 e. The summed E-state index contributed by atoms with van der Waals surface area (Å²) in [5.74, 6) is 0. The van der Waals surface area contributed by atoms with E-state index in [1.807, 2.05) is 30.3 Å². The number of anilines is 1. The molecule has 0 spiro atoms. The van der Waals surface area contributed by atoms with Crippen LogP contribution >= 0.6 is 16.1 Å². The summed E-state index contributed by atoms with van der Waals surface area (Å²) in [7, 11) is -4.97. The van der Waals surface area contributed by atoms with E-state index in [1.54, 1.807) is 0 Å². The lowest BCUT2D eigenvalue weighted by molar-refractivity contribution is 0.457. The molecule has 7 heteroatoms. The van der Waals surface area contributed by atoms with Crippen molar-refractivity contribution in [1.82, 2.24) is 0 Å². The zero-order valence-corrected chi connectivity index (χ0v) is 8.44.